The van der Waals surface area contributed by atoms with Crippen molar-refractivity contribution in [3.05, 3.63) is 35.9 Å². The van der Waals surface area contributed by atoms with Crippen LogP contribution in [0.1, 0.15) is 18.4 Å². The van der Waals surface area contributed by atoms with E-state index in [0.717, 1.165) is 19.4 Å². The summed E-state index contributed by atoms with van der Waals surface area (Å²) in [5.41, 5.74) is 1.24. The molecular formula is C14H19NO2S. The Morgan fingerprint density at radius 2 is 2.11 bits per heavy atom. The van der Waals surface area contributed by atoms with E-state index >= 15 is 0 Å². The van der Waals surface area contributed by atoms with E-state index in [0.29, 0.717) is 5.37 Å². The molecule has 1 saturated heterocycles. The smallest absolute Gasteiger partial charge is 0.323 e. The number of benzene rings is 1. The van der Waals surface area contributed by atoms with Gasteiger partial charge in [-0.2, -0.15) is 0 Å². The number of esters is 1. The Morgan fingerprint density at radius 3 is 2.72 bits per heavy atom. The lowest BCUT2D eigenvalue weighted by Crippen LogP contribution is -2.39. The SMILES string of the molecule is COC(=O)C1CCC(SC)N1Cc1ccccc1. The van der Waals surface area contributed by atoms with Gasteiger partial charge in [-0.15, -0.1) is 11.8 Å². The van der Waals surface area contributed by atoms with Crippen molar-refractivity contribution < 1.29 is 9.53 Å². The summed E-state index contributed by atoms with van der Waals surface area (Å²) in [6.45, 7) is 0.812. The van der Waals surface area contributed by atoms with E-state index < -0.39 is 0 Å². The summed E-state index contributed by atoms with van der Waals surface area (Å²) in [5, 5.41) is 0.411. The third-order valence-corrected chi connectivity index (χ3v) is 4.46. The van der Waals surface area contributed by atoms with Crippen LogP contribution in [-0.2, 0) is 16.1 Å². The molecule has 1 heterocycles. The van der Waals surface area contributed by atoms with Gasteiger partial charge >= 0.3 is 5.97 Å². The van der Waals surface area contributed by atoms with Gasteiger partial charge in [-0.05, 0) is 24.7 Å². The quantitative estimate of drug-likeness (QED) is 0.782. The molecule has 0 bridgehead atoms. The highest BCUT2D eigenvalue weighted by Gasteiger charge is 2.37. The first-order valence-corrected chi connectivity index (χ1v) is 7.45. The molecule has 1 aliphatic heterocycles. The second-order valence-electron chi connectivity index (χ2n) is 4.46. The average Bonchev–Trinajstić information content (AvgIpc) is 2.82. The Labute approximate surface area is 113 Å². The summed E-state index contributed by atoms with van der Waals surface area (Å²) in [7, 11) is 1.47. The number of ether oxygens (including phenoxy) is 1. The second kappa shape index (κ2) is 6.25. The zero-order valence-corrected chi connectivity index (χ0v) is 11.7. The number of thioether (sulfide) groups is 1. The largest absolute Gasteiger partial charge is 0.468 e. The van der Waals surface area contributed by atoms with Crippen molar-refractivity contribution in [3.8, 4) is 0 Å². The van der Waals surface area contributed by atoms with E-state index in [1.165, 1.54) is 12.7 Å². The Kier molecular flexibility index (Phi) is 4.66. The molecule has 1 aromatic rings. The lowest BCUT2D eigenvalue weighted by molar-refractivity contribution is -0.146. The van der Waals surface area contributed by atoms with E-state index in [1.807, 2.05) is 30.0 Å². The van der Waals surface area contributed by atoms with Gasteiger partial charge in [-0.3, -0.25) is 9.69 Å². The molecule has 0 N–H and O–H groups in total. The summed E-state index contributed by atoms with van der Waals surface area (Å²) >= 11 is 1.81. The highest BCUT2D eigenvalue weighted by atomic mass is 32.2. The summed E-state index contributed by atoms with van der Waals surface area (Å²) in [6, 6.07) is 10.2. The molecular weight excluding hydrogens is 246 g/mol. The maximum Gasteiger partial charge on any atom is 0.323 e. The third kappa shape index (κ3) is 2.87. The van der Waals surface area contributed by atoms with Gasteiger partial charge in [0.05, 0.1) is 12.5 Å². The van der Waals surface area contributed by atoms with E-state index in [-0.39, 0.29) is 12.0 Å². The van der Waals surface area contributed by atoms with Crippen molar-refractivity contribution in [3.63, 3.8) is 0 Å². The molecule has 1 aliphatic rings. The van der Waals surface area contributed by atoms with Crippen LogP contribution in [0.4, 0.5) is 0 Å². The highest BCUT2D eigenvalue weighted by molar-refractivity contribution is 7.99. The molecule has 4 heteroatoms. The minimum absolute atomic E-state index is 0.0901. The topological polar surface area (TPSA) is 29.5 Å². The molecule has 1 fully saturated rings. The van der Waals surface area contributed by atoms with Crippen molar-refractivity contribution in [1.82, 2.24) is 4.90 Å². The summed E-state index contributed by atoms with van der Waals surface area (Å²) in [6.07, 6.45) is 4.04. The molecule has 0 saturated carbocycles. The van der Waals surface area contributed by atoms with Gasteiger partial charge in [0.25, 0.3) is 0 Å². The first-order chi connectivity index (χ1) is 8.76. The Balaban J connectivity index is 2.12. The Morgan fingerprint density at radius 1 is 1.39 bits per heavy atom. The normalized spacial score (nSPS) is 24.1. The van der Waals surface area contributed by atoms with Gasteiger partial charge in [-0.1, -0.05) is 30.3 Å². The molecule has 1 aromatic carbocycles. The van der Waals surface area contributed by atoms with Crippen LogP contribution in [0.15, 0.2) is 30.3 Å². The number of likely N-dealkylation sites (tertiary alicyclic amines) is 1. The molecule has 2 unspecified atom stereocenters. The number of hydrogen-bond donors (Lipinski definition) is 0. The predicted molar refractivity (Wildman–Crippen MR) is 74.3 cm³/mol. The molecule has 0 spiro atoms. The highest BCUT2D eigenvalue weighted by Crippen LogP contribution is 2.32. The molecule has 0 aliphatic carbocycles. The first-order valence-electron chi connectivity index (χ1n) is 6.16. The van der Waals surface area contributed by atoms with Gasteiger partial charge in [0.1, 0.15) is 6.04 Å². The second-order valence-corrected chi connectivity index (χ2v) is 5.48. The van der Waals surface area contributed by atoms with Crippen LogP contribution in [0.3, 0.4) is 0 Å². The molecule has 0 amide bonds. The van der Waals surface area contributed by atoms with Crippen molar-refractivity contribution in [1.29, 1.82) is 0 Å². The number of methoxy groups -OCH3 is 1. The van der Waals surface area contributed by atoms with Crippen LogP contribution in [0.5, 0.6) is 0 Å². The van der Waals surface area contributed by atoms with E-state index in [4.69, 9.17) is 4.74 Å². The van der Waals surface area contributed by atoms with Crippen molar-refractivity contribution in [2.45, 2.75) is 30.8 Å². The summed E-state index contributed by atoms with van der Waals surface area (Å²) in [5.74, 6) is -0.109. The number of carbonyl (C=O) groups is 1. The Hall–Kier alpha value is -1.00. The van der Waals surface area contributed by atoms with E-state index in [9.17, 15) is 4.79 Å². The van der Waals surface area contributed by atoms with Crippen molar-refractivity contribution in [2.24, 2.45) is 0 Å². The molecule has 98 valence electrons. The number of hydrogen-bond acceptors (Lipinski definition) is 4. The maximum atomic E-state index is 11.8. The van der Waals surface area contributed by atoms with Gasteiger partial charge < -0.3 is 4.74 Å². The Bertz CT molecular complexity index is 396. The zero-order chi connectivity index (χ0) is 13.0. The lowest BCUT2D eigenvalue weighted by Gasteiger charge is -2.27. The molecule has 0 aromatic heterocycles. The van der Waals surface area contributed by atoms with Crippen LogP contribution in [0.25, 0.3) is 0 Å². The van der Waals surface area contributed by atoms with Crippen LogP contribution in [0.2, 0.25) is 0 Å². The van der Waals surface area contributed by atoms with Crippen LogP contribution in [0, 0.1) is 0 Å². The minimum Gasteiger partial charge on any atom is -0.468 e. The summed E-state index contributed by atoms with van der Waals surface area (Å²) < 4.78 is 4.91. The fraction of sp³-hybridized carbons (Fsp3) is 0.500. The predicted octanol–water partition coefficient (Wildman–Crippen LogP) is 2.51. The molecule has 3 nitrogen and oxygen atoms in total. The average molecular weight is 265 g/mol. The van der Waals surface area contributed by atoms with Crippen LogP contribution in [-0.4, -0.2) is 35.7 Å². The van der Waals surface area contributed by atoms with Crippen molar-refractivity contribution in [2.75, 3.05) is 13.4 Å². The number of nitrogens with zero attached hydrogens (tertiary/aromatic N) is 1. The number of rotatable bonds is 4. The molecule has 2 rings (SSSR count). The minimum atomic E-state index is -0.109. The van der Waals surface area contributed by atoms with E-state index in [2.05, 4.69) is 23.3 Å². The van der Waals surface area contributed by atoms with Crippen LogP contribution >= 0.6 is 11.8 Å². The van der Waals surface area contributed by atoms with Gasteiger partial charge in [0.2, 0.25) is 0 Å². The fourth-order valence-electron chi connectivity index (χ4n) is 2.48. The van der Waals surface area contributed by atoms with Crippen molar-refractivity contribution >= 4 is 17.7 Å². The first kappa shape index (κ1) is 13.4. The molecule has 2 atom stereocenters. The van der Waals surface area contributed by atoms with Gasteiger partial charge in [0.15, 0.2) is 0 Å². The third-order valence-electron chi connectivity index (χ3n) is 3.41. The fourth-order valence-corrected chi connectivity index (χ4v) is 3.35. The lowest BCUT2D eigenvalue weighted by atomic mass is 10.2. The van der Waals surface area contributed by atoms with Crippen LogP contribution < -0.4 is 0 Å². The summed E-state index contributed by atoms with van der Waals surface area (Å²) in [4.78, 5) is 14.1. The monoisotopic (exact) mass is 265 g/mol. The molecule has 0 radical (unpaired) electrons. The zero-order valence-electron chi connectivity index (χ0n) is 10.8. The van der Waals surface area contributed by atoms with Gasteiger partial charge in [-0.25, -0.2) is 0 Å². The number of carbonyl (C=O) groups excluding carboxylic acids is 1. The van der Waals surface area contributed by atoms with E-state index in [1.54, 1.807) is 0 Å². The maximum absolute atomic E-state index is 11.8. The van der Waals surface area contributed by atoms with Gasteiger partial charge in [0, 0.05) is 6.54 Å². The standard InChI is InChI=1S/C14H19NO2S/c1-17-14(16)12-8-9-13(18-2)15(12)10-11-6-4-3-5-7-11/h3-7,12-13H,8-10H2,1-2H3. The molecule has 18 heavy (non-hydrogen) atoms.